The second-order valence-electron chi connectivity index (χ2n) is 6.24. The maximum Gasteiger partial charge on any atom is 0.237 e. The highest BCUT2D eigenvalue weighted by Gasteiger charge is 2.12. The maximum absolute atomic E-state index is 13.9. The molecule has 3 heterocycles. The Kier molecular flexibility index (Phi) is 5.55. The van der Waals surface area contributed by atoms with Gasteiger partial charge in [-0.15, -0.1) is 5.92 Å². The van der Waals surface area contributed by atoms with Crippen molar-refractivity contribution in [2.45, 2.75) is 11.8 Å². The summed E-state index contributed by atoms with van der Waals surface area (Å²) in [7, 11) is 1.50. The number of rotatable bonds is 5. The number of nitrogens with zero attached hydrogens (tertiary/aromatic N) is 3. The van der Waals surface area contributed by atoms with Crippen LogP contribution in [0.3, 0.4) is 0 Å². The number of anilines is 1. The van der Waals surface area contributed by atoms with Crippen molar-refractivity contribution < 1.29 is 13.5 Å². The maximum atomic E-state index is 13.9. The number of halogens is 2. The summed E-state index contributed by atoms with van der Waals surface area (Å²) >= 11 is 1.01. The molecule has 0 unspecified atom stereocenters. The predicted octanol–water partition coefficient (Wildman–Crippen LogP) is 5.17. The fourth-order valence-corrected chi connectivity index (χ4v) is 3.56. The minimum Gasteiger partial charge on any atom is -0.480 e. The van der Waals surface area contributed by atoms with E-state index in [2.05, 4.69) is 26.6 Å². The van der Waals surface area contributed by atoms with Crippen LogP contribution in [-0.2, 0) is 0 Å². The van der Waals surface area contributed by atoms with Gasteiger partial charge in [0, 0.05) is 24.0 Å². The third-order valence-corrected chi connectivity index (χ3v) is 5.20. The number of methoxy groups -OCH3 is 1. The van der Waals surface area contributed by atoms with E-state index in [1.807, 2.05) is 24.4 Å². The van der Waals surface area contributed by atoms with Crippen LogP contribution in [0.25, 0.3) is 16.6 Å². The molecule has 150 valence electrons. The molecule has 0 atom stereocenters. The van der Waals surface area contributed by atoms with Crippen molar-refractivity contribution in [2.24, 2.45) is 0 Å². The van der Waals surface area contributed by atoms with Crippen molar-refractivity contribution in [3.05, 3.63) is 72.2 Å². The predicted molar refractivity (Wildman–Crippen MR) is 113 cm³/mol. The van der Waals surface area contributed by atoms with Gasteiger partial charge in [-0.3, -0.25) is 0 Å². The molecule has 8 heteroatoms. The van der Waals surface area contributed by atoms with E-state index in [4.69, 9.17) is 4.74 Å². The van der Waals surface area contributed by atoms with Gasteiger partial charge in [-0.25, -0.2) is 18.3 Å². The summed E-state index contributed by atoms with van der Waals surface area (Å²) in [5.41, 5.74) is 4.03. The van der Waals surface area contributed by atoms with Crippen LogP contribution in [0.15, 0.2) is 59.9 Å². The van der Waals surface area contributed by atoms with E-state index < -0.39 is 11.6 Å². The first kappa shape index (κ1) is 19.7. The molecule has 0 saturated heterocycles. The van der Waals surface area contributed by atoms with Gasteiger partial charge >= 0.3 is 0 Å². The molecule has 0 radical (unpaired) electrons. The van der Waals surface area contributed by atoms with Crippen LogP contribution >= 0.6 is 11.9 Å². The quantitative estimate of drug-likeness (QED) is 0.355. The monoisotopic (exact) mass is 422 g/mol. The van der Waals surface area contributed by atoms with E-state index in [0.717, 1.165) is 40.2 Å². The lowest BCUT2D eigenvalue weighted by Gasteiger charge is -2.12. The molecule has 0 aliphatic carbocycles. The molecule has 1 N–H and O–H groups in total. The molecule has 0 amide bonds. The Balaban J connectivity index is 1.67. The van der Waals surface area contributed by atoms with Gasteiger partial charge in [-0.1, -0.05) is 5.92 Å². The Labute approximate surface area is 176 Å². The molecule has 4 rings (SSSR count). The highest BCUT2D eigenvalue weighted by Crippen LogP contribution is 2.33. The third kappa shape index (κ3) is 3.93. The number of pyridine rings is 2. The number of fused-ring (bicyclic) bond motifs is 1. The zero-order valence-corrected chi connectivity index (χ0v) is 16.9. The molecular formula is C22H16F2N4OS. The topological polar surface area (TPSA) is 51.5 Å². The van der Waals surface area contributed by atoms with Crippen molar-refractivity contribution in [3.8, 4) is 28.8 Å². The molecule has 0 aliphatic rings. The van der Waals surface area contributed by atoms with E-state index in [1.54, 1.807) is 23.8 Å². The van der Waals surface area contributed by atoms with Crippen molar-refractivity contribution >= 4 is 23.2 Å². The van der Waals surface area contributed by atoms with Crippen LogP contribution in [0.2, 0.25) is 0 Å². The number of benzene rings is 1. The molecular weight excluding hydrogens is 406 g/mol. The average molecular weight is 422 g/mol. The smallest absolute Gasteiger partial charge is 0.237 e. The van der Waals surface area contributed by atoms with E-state index in [-0.39, 0.29) is 4.90 Å². The largest absolute Gasteiger partial charge is 0.480 e. The van der Waals surface area contributed by atoms with Gasteiger partial charge in [0.05, 0.1) is 29.3 Å². The van der Waals surface area contributed by atoms with E-state index in [9.17, 15) is 8.78 Å². The Morgan fingerprint density at radius 1 is 1.10 bits per heavy atom. The van der Waals surface area contributed by atoms with Gasteiger partial charge in [0.25, 0.3) is 0 Å². The zero-order chi connectivity index (χ0) is 21.1. The second kappa shape index (κ2) is 8.43. The first-order chi connectivity index (χ1) is 14.6. The van der Waals surface area contributed by atoms with Gasteiger partial charge in [-0.2, -0.15) is 5.10 Å². The SMILES string of the molecule is CC#Cc1cnn2ccc(-c3cnc(OC)c(NSc4ccc(F)cc4F)c3)cc12. The molecule has 0 aliphatic heterocycles. The van der Waals surface area contributed by atoms with E-state index in [1.165, 1.54) is 19.2 Å². The van der Waals surface area contributed by atoms with Crippen LogP contribution in [0.4, 0.5) is 14.5 Å². The Morgan fingerprint density at radius 2 is 1.97 bits per heavy atom. The zero-order valence-electron chi connectivity index (χ0n) is 16.1. The summed E-state index contributed by atoms with van der Waals surface area (Å²) in [4.78, 5) is 4.60. The molecule has 0 bridgehead atoms. The van der Waals surface area contributed by atoms with Gasteiger partial charge < -0.3 is 9.46 Å². The van der Waals surface area contributed by atoms with Crippen LogP contribution in [-0.4, -0.2) is 21.7 Å². The minimum atomic E-state index is -0.647. The first-order valence-electron chi connectivity index (χ1n) is 8.91. The van der Waals surface area contributed by atoms with Crippen molar-refractivity contribution in [1.29, 1.82) is 0 Å². The number of ether oxygens (including phenoxy) is 1. The lowest BCUT2D eigenvalue weighted by atomic mass is 10.1. The van der Waals surface area contributed by atoms with Crippen molar-refractivity contribution in [1.82, 2.24) is 14.6 Å². The summed E-state index contributed by atoms with van der Waals surface area (Å²) < 4.78 is 37.2. The Bertz CT molecular complexity index is 1290. The molecule has 0 spiro atoms. The average Bonchev–Trinajstić information content (AvgIpc) is 3.15. The van der Waals surface area contributed by atoms with Gasteiger partial charge in [0.2, 0.25) is 5.88 Å². The summed E-state index contributed by atoms with van der Waals surface area (Å²) in [6.45, 7) is 1.78. The van der Waals surface area contributed by atoms with Crippen molar-refractivity contribution in [3.63, 3.8) is 0 Å². The first-order valence-corrected chi connectivity index (χ1v) is 9.73. The summed E-state index contributed by atoms with van der Waals surface area (Å²) in [5.74, 6) is 5.01. The minimum absolute atomic E-state index is 0.257. The molecule has 0 fully saturated rings. The molecule has 1 aromatic carbocycles. The molecule has 0 saturated carbocycles. The highest BCUT2D eigenvalue weighted by molar-refractivity contribution is 8.00. The number of hydrogen-bond donors (Lipinski definition) is 1. The van der Waals surface area contributed by atoms with Gasteiger partial charge in [0.1, 0.15) is 17.3 Å². The summed E-state index contributed by atoms with van der Waals surface area (Å²) in [6.07, 6.45) is 5.27. The Hall–Kier alpha value is -3.57. The Morgan fingerprint density at radius 3 is 2.73 bits per heavy atom. The van der Waals surface area contributed by atoms with Crippen molar-refractivity contribution in [2.75, 3.05) is 11.8 Å². The van der Waals surface area contributed by atoms with Crippen LogP contribution in [0, 0.1) is 23.5 Å². The second-order valence-corrected chi connectivity index (χ2v) is 7.09. The number of nitrogens with one attached hydrogen (secondary N) is 1. The van der Waals surface area contributed by atoms with Crippen LogP contribution < -0.4 is 9.46 Å². The normalized spacial score (nSPS) is 10.5. The van der Waals surface area contributed by atoms with Gasteiger partial charge in [0.15, 0.2) is 0 Å². The molecule has 5 nitrogen and oxygen atoms in total. The van der Waals surface area contributed by atoms with Crippen LogP contribution in [0.1, 0.15) is 12.5 Å². The summed E-state index contributed by atoms with van der Waals surface area (Å²) in [6, 6.07) is 9.17. The highest BCUT2D eigenvalue weighted by atomic mass is 32.2. The molecule has 3 aromatic heterocycles. The lowest BCUT2D eigenvalue weighted by Crippen LogP contribution is -1.97. The fraction of sp³-hybridized carbons (Fsp3) is 0.0909. The van der Waals surface area contributed by atoms with E-state index >= 15 is 0 Å². The molecule has 30 heavy (non-hydrogen) atoms. The van der Waals surface area contributed by atoms with Crippen LogP contribution in [0.5, 0.6) is 5.88 Å². The standard InChI is InChI=1S/C22H16F2N4OS/c1-3-4-15-13-26-28-8-7-14(10-20(15)28)16-9-19(22(29-2)25-12-16)27-30-21-6-5-17(23)11-18(21)24/h5-13,27H,1-2H3. The fourth-order valence-electron chi connectivity index (χ4n) is 2.91. The third-order valence-electron chi connectivity index (χ3n) is 4.32. The molecule has 4 aromatic rings. The number of hydrogen-bond acceptors (Lipinski definition) is 5. The summed E-state index contributed by atoms with van der Waals surface area (Å²) in [5, 5.41) is 4.30. The van der Waals surface area contributed by atoms with Gasteiger partial charge in [-0.05, 0) is 54.8 Å². The lowest BCUT2D eigenvalue weighted by molar-refractivity contribution is 0.400. The van der Waals surface area contributed by atoms with E-state index in [0.29, 0.717) is 11.6 Å². The number of aromatic nitrogens is 3.